The first-order valence-corrected chi connectivity index (χ1v) is 14.9. The third-order valence-corrected chi connectivity index (χ3v) is 9.36. The molecule has 3 N–H and O–H groups in total. The molecule has 0 saturated carbocycles. The fourth-order valence-electron chi connectivity index (χ4n) is 6.71. The molecule has 0 radical (unpaired) electrons. The number of H-pyrrole nitrogens is 1. The first-order valence-electron chi connectivity index (χ1n) is 14.9. The molecule has 7 aromatic rings. The molecular weight excluding hydrogens is 558 g/mol. The van der Waals surface area contributed by atoms with Crippen LogP contribution in [0.5, 0.6) is 0 Å². The summed E-state index contributed by atoms with van der Waals surface area (Å²) in [7, 11) is 0. The maximum Gasteiger partial charge on any atom is 0.164 e. The van der Waals surface area contributed by atoms with Crippen LogP contribution in [0.4, 0.5) is 0 Å². The summed E-state index contributed by atoms with van der Waals surface area (Å²) < 4.78 is 1.53. The van der Waals surface area contributed by atoms with E-state index in [9.17, 15) is 0 Å². The third kappa shape index (κ3) is 3.49. The maximum atomic E-state index is 6.80. The second-order valence-electron chi connectivity index (χ2n) is 11.7. The highest BCUT2D eigenvalue weighted by Crippen LogP contribution is 2.39. The van der Waals surface area contributed by atoms with E-state index in [1.807, 2.05) is 72.8 Å². The zero-order valence-electron chi connectivity index (χ0n) is 25.1. The molecular formula is C36H27N9. The molecule has 8 bridgehead atoms. The summed E-state index contributed by atoms with van der Waals surface area (Å²) in [6, 6.07) is 24.0. The summed E-state index contributed by atoms with van der Waals surface area (Å²) in [6.07, 6.45) is 0. The minimum absolute atomic E-state index is 0.540. The van der Waals surface area contributed by atoms with E-state index in [2.05, 4.69) is 32.7 Å². The zero-order valence-corrected chi connectivity index (χ0v) is 25.1. The highest BCUT2D eigenvalue weighted by Gasteiger charge is 2.24. The van der Waals surface area contributed by atoms with Gasteiger partial charge in [0, 0.05) is 43.8 Å². The Morgan fingerprint density at radius 1 is 0.467 bits per heavy atom. The van der Waals surface area contributed by atoms with Crippen molar-refractivity contribution in [1.29, 1.82) is 0 Å². The fraction of sp³-hybridized carbons (Fsp3) is 0.111. The van der Waals surface area contributed by atoms with E-state index in [1.165, 1.54) is 15.8 Å². The Morgan fingerprint density at radius 3 is 1.22 bits per heavy atom. The van der Waals surface area contributed by atoms with E-state index in [-0.39, 0.29) is 0 Å². The smallest absolute Gasteiger partial charge is 0.164 e. The van der Waals surface area contributed by atoms with Crippen LogP contribution in [0.1, 0.15) is 22.3 Å². The van der Waals surface area contributed by atoms with Crippen molar-refractivity contribution in [2.45, 2.75) is 27.7 Å². The fourth-order valence-corrected chi connectivity index (χ4v) is 6.71. The molecule has 3 aromatic heterocycles. The molecule has 5 heterocycles. The first-order chi connectivity index (χ1) is 21.9. The number of nitrogen functional groups attached to an aromatic ring is 1. The lowest BCUT2D eigenvalue weighted by Gasteiger charge is -2.10. The average molecular weight is 586 g/mol. The van der Waals surface area contributed by atoms with Crippen molar-refractivity contribution in [3.63, 3.8) is 0 Å². The molecule has 0 saturated heterocycles. The molecule has 0 unspecified atom stereocenters. The van der Waals surface area contributed by atoms with Crippen LogP contribution < -0.4 is 5.84 Å². The largest absolute Gasteiger partial charge is 0.336 e. The number of aryl methyl sites for hydroxylation is 2. The normalized spacial score (nSPS) is 12.1. The quantitative estimate of drug-likeness (QED) is 0.179. The lowest BCUT2D eigenvalue weighted by molar-refractivity contribution is 1.05. The molecule has 9 rings (SSSR count). The molecule has 45 heavy (non-hydrogen) atoms. The van der Waals surface area contributed by atoms with Crippen LogP contribution in [-0.2, 0) is 0 Å². The molecule has 0 atom stereocenters. The number of fused-ring (bicyclic) bond motifs is 20. The van der Waals surface area contributed by atoms with E-state index in [0.717, 1.165) is 54.9 Å². The van der Waals surface area contributed by atoms with Gasteiger partial charge in [0.25, 0.3) is 0 Å². The molecule has 4 aromatic carbocycles. The van der Waals surface area contributed by atoms with Gasteiger partial charge in [0.1, 0.15) is 11.3 Å². The Morgan fingerprint density at radius 2 is 0.822 bits per heavy atom. The summed E-state index contributed by atoms with van der Waals surface area (Å²) in [4.78, 5) is 34.1. The molecule has 0 spiro atoms. The van der Waals surface area contributed by atoms with Crippen LogP contribution >= 0.6 is 0 Å². The van der Waals surface area contributed by atoms with Crippen LogP contribution in [0.2, 0.25) is 0 Å². The highest BCUT2D eigenvalue weighted by atomic mass is 15.3. The number of aromatic nitrogens is 8. The van der Waals surface area contributed by atoms with E-state index >= 15 is 0 Å². The minimum atomic E-state index is 0.540. The summed E-state index contributed by atoms with van der Waals surface area (Å²) in [5.74, 6) is 9.02. The standard InChI is InChI=1S/C36H27N9/c1-17-18(2)20(4)28-27(19(17)3)33-40-29-21-11-5-7-13-23(21)31(38-29)43-35-25-15-9-10-16-26(25)36(45(35)37)44-32-24-14-8-6-12-22(24)30(39-32)41-34(28)42-33/h5-16H,37H2,1-4H3,(H,38,39,40,41,42,43,44). The molecule has 0 amide bonds. The maximum absolute atomic E-state index is 6.80. The number of hydrogen-bond donors (Lipinski definition) is 2. The number of rotatable bonds is 0. The van der Waals surface area contributed by atoms with Crippen LogP contribution in [-0.4, -0.2) is 39.6 Å². The molecule has 9 nitrogen and oxygen atoms in total. The summed E-state index contributed by atoms with van der Waals surface area (Å²) in [5.41, 5.74) is 10.8. The Bertz CT molecular complexity index is 2430. The lowest BCUT2D eigenvalue weighted by atomic mass is 9.94. The third-order valence-electron chi connectivity index (χ3n) is 9.36. The highest BCUT2D eigenvalue weighted by molar-refractivity contribution is 6.10. The minimum Gasteiger partial charge on any atom is -0.336 e. The van der Waals surface area contributed by atoms with Crippen molar-refractivity contribution in [2.24, 2.45) is 0 Å². The molecule has 0 fully saturated rings. The Hall–Kier alpha value is -5.96. The molecule has 2 aliphatic heterocycles. The number of aromatic amines is 1. The predicted octanol–water partition coefficient (Wildman–Crippen LogP) is 7.29. The molecule has 2 aliphatic rings. The van der Waals surface area contributed by atoms with Crippen molar-refractivity contribution < 1.29 is 0 Å². The topological polar surface area (TPSA) is 124 Å². The van der Waals surface area contributed by atoms with Crippen molar-refractivity contribution in [3.05, 3.63) is 95.1 Å². The number of nitrogens with zero attached hydrogens (tertiary/aromatic N) is 7. The second kappa shape index (κ2) is 9.03. The van der Waals surface area contributed by atoms with Gasteiger partial charge >= 0.3 is 0 Å². The number of nitrogens with one attached hydrogen (secondary N) is 1. The average Bonchev–Trinajstić information content (AvgIpc) is 3.77. The van der Waals surface area contributed by atoms with Gasteiger partial charge < -0.3 is 10.8 Å². The Labute approximate surface area is 257 Å². The summed E-state index contributed by atoms with van der Waals surface area (Å²) >= 11 is 0. The van der Waals surface area contributed by atoms with Gasteiger partial charge in [0.15, 0.2) is 34.6 Å². The van der Waals surface area contributed by atoms with Gasteiger partial charge in [0.2, 0.25) is 0 Å². The summed E-state index contributed by atoms with van der Waals surface area (Å²) in [5, 5.41) is 3.78. The molecule has 216 valence electrons. The van der Waals surface area contributed by atoms with Crippen molar-refractivity contribution >= 4 is 44.1 Å². The molecule has 0 aliphatic carbocycles. The van der Waals surface area contributed by atoms with Gasteiger partial charge in [-0.3, -0.25) is 0 Å². The van der Waals surface area contributed by atoms with Crippen LogP contribution in [0.3, 0.4) is 0 Å². The van der Waals surface area contributed by atoms with Crippen molar-refractivity contribution in [1.82, 2.24) is 39.6 Å². The first kappa shape index (κ1) is 25.5. The van der Waals surface area contributed by atoms with E-state index < -0.39 is 0 Å². The van der Waals surface area contributed by atoms with E-state index in [1.54, 1.807) is 0 Å². The van der Waals surface area contributed by atoms with Gasteiger partial charge in [-0.2, -0.15) is 0 Å². The second-order valence-corrected chi connectivity index (χ2v) is 11.7. The number of hydrogen-bond acceptors (Lipinski definition) is 7. The summed E-state index contributed by atoms with van der Waals surface area (Å²) in [6.45, 7) is 8.61. The van der Waals surface area contributed by atoms with E-state index in [0.29, 0.717) is 45.9 Å². The lowest BCUT2D eigenvalue weighted by Crippen LogP contribution is -2.09. The Kier molecular flexibility index (Phi) is 5.12. The van der Waals surface area contributed by atoms with Gasteiger partial charge in [0.05, 0.1) is 0 Å². The van der Waals surface area contributed by atoms with Gasteiger partial charge in [-0.1, -0.05) is 72.8 Å². The number of benzene rings is 4. The van der Waals surface area contributed by atoms with Crippen LogP contribution in [0.15, 0.2) is 72.8 Å². The predicted molar refractivity (Wildman–Crippen MR) is 179 cm³/mol. The monoisotopic (exact) mass is 585 g/mol. The van der Waals surface area contributed by atoms with Gasteiger partial charge in [-0.05, 0) is 49.9 Å². The van der Waals surface area contributed by atoms with Crippen LogP contribution in [0.25, 0.3) is 89.7 Å². The van der Waals surface area contributed by atoms with Gasteiger partial charge in [-0.25, -0.2) is 34.6 Å². The molecule has 9 heteroatoms. The zero-order chi connectivity index (χ0) is 30.6. The van der Waals surface area contributed by atoms with Crippen molar-refractivity contribution in [2.75, 3.05) is 5.84 Å². The van der Waals surface area contributed by atoms with Crippen LogP contribution in [0, 0.1) is 27.7 Å². The SMILES string of the molecule is Cc1c(C)c(C)c2c3nc4nc(nc5c6ccccc6c(nc6nc(nc([nH]3)c2c1C)-c1ccccc1-6)n5N)-c1ccccc1-4. The van der Waals surface area contributed by atoms with E-state index in [4.69, 9.17) is 35.7 Å². The Balaban J connectivity index is 1.56. The van der Waals surface area contributed by atoms with Gasteiger partial charge in [-0.15, -0.1) is 0 Å². The van der Waals surface area contributed by atoms with Crippen molar-refractivity contribution in [3.8, 4) is 45.6 Å². The number of nitrogens with two attached hydrogens (primary N) is 1.